The number of rotatable bonds is 2. The van der Waals surface area contributed by atoms with Gasteiger partial charge in [-0.3, -0.25) is 14.4 Å². The molecule has 1 N–H and O–H groups in total. The van der Waals surface area contributed by atoms with E-state index in [-0.39, 0.29) is 30.8 Å². The van der Waals surface area contributed by atoms with Crippen LogP contribution in [0.1, 0.15) is 15.2 Å². The fraction of sp³-hybridized carbons (Fsp3) is 0.316. The molecule has 3 heterocycles. The Labute approximate surface area is 155 Å². The van der Waals surface area contributed by atoms with Gasteiger partial charge in [-0.05, 0) is 24.1 Å². The second-order valence-electron chi connectivity index (χ2n) is 6.56. The van der Waals surface area contributed by atoms with Crippen LogP contribution in [0.3, 0.4) is 0 Å². The largest absolute Gasteiger partial charge is 0.345 e. The Kier molecular flexibility index (Phi) is 4.24. The van der Waals surface area contributed by atoms with Crippen LogP contribution in [-0.2, 0) is 9.59 Å². The highest BCUT2D eigenvalue weighted by molar-refractivity contribution is 7.17. The van der Waals surface area contributed by atoms with Gasteiger partial charge in [0, 0.05) is 18.0 Å². The molecule has 0 spiro atoms. The van der Waals surface area contributed by atoms with Crippen molar-refractivity contribution in [3.63, 3.8) is 0 Å². The summed E-state index contributed by atoms with van der Waals surface area (Å²) < 4.78 is 0. The highest BCUT2D eigenvalue weighted by Crippen LogP contribution is 2.33. The van der Waals surface area contributed by atoms with Crippen LogP contribution >= 0.6 is 11.3 Å². The lowest BCUT2D eigenvalue weighted by Crippen LogP contribution is -2.66. The van der Waals surface area contributed by atoms with Crippen molar-refractivity contribution in [2.24, 2.45) is 0 Å². The Hall–Kier alpha value is -2.67. The van der Waals surface area contributed by atoms with Crippen LogP contribution in [0.25, 0.3) is 10.4 Å². The van der Waals surface area contributed by atoms with Crippen molar-refractivity contribution >= 4 is 29.1 Å². The number of amides is 3. The smallest absolute Gasteiger partial charge is 0.264 e. The molecule has 1 aromatic carbocycles. The van der Waals surface area contributed by atoms with Gasteiger partial charge in [-0.1, -0.05) is 30.3 Å². The third-order valence-corrected chi connectivity index (χ3v) is 6.14. The van der Waals surface area contributed by atoms with Gasteiger partial charge >= 0.3 is 0 Å². The Morgan fingerprint density at radius 3 is 2.73 bits per heavy atom. The highest BCUT2D eigenvalue weighted by atomic mass is 32.1. The molecule has 0 bridgehead atoms. The summed E-state index contributed by atoms with van der Waals surface area (Å²) in [5.74, 6) is -0.347. The van der Waals surface area contributed by atoms with Gasteiger partial charge in [0.2, 0.25) is 11.8 Å². The molecule has 0 saturated carbocycles. The number of fused-ring (bicyclic) bond motifs is 1. The number of thiophene rings is 1. The van der Waals surface area contributed by atoms with Crippen LogP contribution in [0, 0.1) is 6.92 Å². The van der Waals surface area contributed by atoms with E-state index < -0.39 is 6.04 Å². The van der Waals surface area contributed by atoms with Crippen LogP contribution in [-0.4, -0.2) is 59.7 Å². The number of hydrogen-bond donors (Lipinski definition) is 1. The van der Waals surface area contributed by atoms with E-state index in [4.69, 9.17) is 0 Å². The summed E-state index contributed by atoms with van der Waals surface area (Å²) in [5.41, 5.74) is 2.16. The summed E-state index contributed by atoms with van der Waals surface area (Å²) in [7, 11) is 0. The number of carbonyl (C=O) groups is 3. The first kappa shape index (κ1) is 16.8. The Bertz CT molecular complexity index is 877. The molecule has 2 aliphatic rings. The van der Waals surface area contributed by atoms with E-state index in [1.54, 1.807) is 9.80 Å². The van der Waals surface area contributed by atoms with Crippen molar-refractivity contribution in [2.45, 2.75) is 13.0 Å². The van der Waals surface area contributed by atoms with Crippen LogP contribution in [0.2, 0.25) is 0 Å². The zero-order chi connectivity index (χ0) is 18.3. The van der Waals surface area contributed by atoms with Gasteiger partial charge in [0.25, 0.3) is 5.91 Å². The first-order valence-corrected chi connectivity index (χ1v) is 9.38. The van der Waals surface area contributed by atoms with Crippen molar-refractivity contribution in [1.29, 1.82) is 0 Å². The van der Waals surface area contributed by atoms with Crippen LogP contribution < -0.4 is 5.32 Å². The molecule has 134 valence electrons. The third kappa shape index (κ3) is 2.88. The van der Waals surface area contributed by atoms with Gasteiger partial charge in [-0.15, -0.1) is 11.3 Å². The zero-order valence-electron chi connectivity index (χ0n) is 14.4. The molecular formula is C19H19N3O3S. The topological polar surface area (TPSA) is 69.7 Å². The molecule has 2 aromatic rings. The molecule has 7 heteroatoms. The number of benzene rings is 1. The summed E-state index contributed by atoms with van der Waals surface area (Å²) >= 11 is 1.47. The lowest BCUT2D eigenvalue weighted by molar-refractivity contribution is -0.148. The molecule has 0 aliphatic carbocycles. The van der Waals surface area contributed by atoms with Gasteiger partial charge in [-0.2, -0.15) is 0 Å². The molecule has 2 fully saturated rings. The minimum absolute atomic E-state index is 0.0494. The molecule has 2 saturated heterocycles. The number of carbonyl (C=O) groups excluding carboxylic acids is 3. The molecule has 1 unspecified atom stereocenters. The van der Waals surface area contributed by atoms with Gasteiger partial charge in [0.1, 0.15) is 6.04 Å². The predicted molar refractivity (Wildman–Crippen MR) is 98.9 cm³/mol. The molecule has 1 aromatic heterocycles. The van der Waals surface area contributed by atoms with Crippen LogP contribution in [0.5, 0.6) is 0 Å². The summed E-state index contributed by atoms with van der Waals surface area (Å²) in [6, 6.07) is 11.3. The number of nitrogens with one attached hydrogen (secondary N) is 1. The molecular weight excluding hydrogens is 350 g/mol. The third-order valence-electron chi connectivity index (χ3n) is 4.87. The standard InChI is InChI=1S/C19H19N3O3S/c1-12-9-15(26-17(12)13-5-3-2-4-6-13)19(25)21-7-8-22-14(11-21)18(24)20-10-16(22)23/h2-6,9,14H,7-8,10-11H2,1H3,(H,20,24). The van der Waals surface area contributed by atoms with Gasteiger partial charge in [0.15, 0.2) is 0 Å². The van der Waals surface area contributed by atoms with E-state index in [1.807, 2.05) is 43.3 Å². The maximum absolute atomic E-state index is 13.0. The number of piperazine rings is 2. The maximum atomic E-state index is 13.0. The minimum Gasteiger partial charge on any atom is -0.345 e. The van der Waals surface area contributed by atoms with E-state index >= 15 is 0 Å². The predicted octanol–water partition coefficient (Wildman–Crippen LogP) is 1.51. The monoisotopic (exact) mass is 369 g/mol. The van der Waals surface area contributed by atoms with Crippen molar-refractivity contribution in [1.82, 2.24) is 15.1 Å². The number of aryl methyl sites for hydroxylation is 1. The summed E-state index contributed by atoms with van der Waals surface area (Å²) in [6.45, 7) is 3.15. The maximum Gasteiger partial charge on any atom is 0.264 e. The van der Waals surface area contributed by atoms with E-state index in [1.165, 1.54) is 11.3 Å². The second kappa shape index (κ2) is 6.57. The quantitative estimate of drug-likeness (QED) is 0.872. The molecule has 2 aliphatic heterocycles. The van der Waals surface area contributed by atoms with Gasteiger partial charge in [0.05, 0.1) is 18.0 Å². The molecule has 26 heavy (non-hydrogen) atoms. The van der Waals surface area contributed by atoms with Crippen LogP contribution in [0.4, 0.5) is 0 Å². The Morgan fingerprint density at radius 2 is 1.96 bits per heavy atom. The summed E-state index contributed by atoms with van der Waals surface area (Å²) in [5, 5.41) is 2.60. The molecule has 1 atom stereocenters. The average molecular weight is 369 g/mol. The van der Waals surface area contributed by atoms with E-state index in [0.717, 1.165) is 16.0 Å². The minimum atomic E-state index is -0.580. The molecule has 6 nitrogen and oxygen atoms in total. The zero-order valence-corrected chi connectivity index (χ0v) is 15.2. The van der Waals surface area contributed by atoms with Gasteiger partial charge in [-0.25, -0.2) is 0 Å². The first-order valence-electron chi connectivity index (χ1n) is 8.57. The Balaban J connectivity index is 1.55. The Morgan fingerprint density at radius 1 is 1.19 bits per heavy atom. The fourth-order valence-electron chi connectivity index (χ4n) is 3.49. The lowest BCUT2D eigenvalue weighted by Gasteiger charge is -2.42. The van der Waals surface area contributed by atoms with E-state index in [2.05, 4.69) is 5.32 Å². The number of hydrogen-bond acceptors (Lipinski definition) is 4. The lowest BCUT2D eigenvalue weighted by atomic mass is 10.1. The highest BCUT2D eigenvalue weighted by Gasteiger charge is 2.40. The van der Waals surface area contributed by atoms with Crippen molar-refractivity contribution in [2.75, 3.05) is 26.2 Å². The van der Waals surface area contributed by atoms with E-state index in [0.29, 0.717) is 18.0 Å². The van der Waals surface area contributed by atoms with Gasteiger partial charge < -0.3 is 15.1 Å². The van der Waals surface area contributed by atoms with E-state index in [9.17, 15) is 14.4 Å². The first-order chi connectivity index (χ1) is 12.5. The summed E-state index contributed by atoms with van der Waals surface area (Å²) in [4.78, 5) is 42.0. The van der Waals surface area contributed by atoms with Crippen molar-refractivity contribution < 1.29 is 14.4 Å². The summed E-state index contributed by atoms with van der Waals surface area (Å²) in [6.07, 6.45) is 0. The molecule has 4 rings (SSSR count). The molecule has 3 amide bonds. The molecule has 0 radical (unpaired) electrons. The second-order valence-corrected chi connectivity index (χ2v) is 7.61. The normalized spacial score (nSPS) is 20.0. The van der Waals surface area contributed by atoms with Crippen LogP contribution in [0.15, 0.2) is 36.4 Å². The van der Waals surface area contributed by atoms with Crippen molar-refractivity contribution in [3.05, 3.63) is 46.8 Å². The fourth-order valence-corrected chi connectivity index (χ4v) is 4.64. The average Bonchev–Trinajstić information content (AvgIpc) is 3.06. The van der Waals surface area contributed by atoms with Crippen molar-refractivity contribution in [3.8, 4) is 10.4 Å². The number of nitrogens with zero attached hydrogens (tertiary/aromatic N) is 2. The SMILES string of the molecule is Cc1cc(C(=O)N2CCN3C(=O)CNC(=O)C3C2)sc1-c1ccccc1.